The van der Waals surface area contributed by atoms with Gasteiger partial charge < -0.3 is 9.47 Å². The summed E-state index contributed by atoms with van der Waals surface area (Å²) in [7, 11) is 4.13. The van der Waals surface area contributed by atoms with E-state index in [9.17, 15) is 4.79 Å². The average molecular weight is 319 g/mol. The van der Waals surface area contributed by atoms with Gasteiger partial charge in [-0.2, -0.15) is 0 Å². The number of hydrogen-bond acceptors (Lipinski definition) is 4. The van der Waals surface area contributed by atoms with Gasteiger partial charge in [-0.15, -0.1) is 0 Å². The highest BCUT2D eigenvalue weighted by Gasteiger charge is 2.30. The molecule has 1 aromatic rings. The van der Waals surface area contributed by atoms with Crippen molar-refractivity contribution < 1.29 is 4.79 Å². The molecule has 3 heterocycles. The molecule has 2 saturated heterocycles. The van der Waals surface area contributed by atoms with Crippen LogP contribution in [0.5, 0.6) is 0 Å². The number of carbonyl (C=O) groups excluding carboxylic acids is 1. The van der Waals surface area contributed by atoms with Crippen LogP contribution in [0.1, 0.15) is 31.5 Å². The Morgan fingerprint density at radius 2 is 1.91 bits per heavy atom. The van der Waals surface area contributed by atoms with Crippen molar-refractivity contribution in [3.8, 4) is 0 Å². The number of hydrogen-bond donors (Lipinski definition) is 0. The lowest BCUT2D eigenvalue weighted by Crippen LogP contribution is -2.54. The van der Waals surface area contributed by atoms with Gasteiger partial charge in [0, 0.05) is 45.6 Å². The Balaban J connectivity index is 1.51. The first kappa shape index (κ1) is 16.5. The van der Waals surface area contributed by atoms with Crippen molar-refractivity contribution in [3.05, 3.63) is 18.2 Å². The summed E-state index contributed by atoms with van der Waals surface area (Å²) in [6.07, 6.45) is 8.50. The standard InChI is InChI=1S/C17H29N5O/c1-19-8-5-3-4-6-15(19)17(23)22-12-10-21(11-13-22)14-16-18-7-9-20(16)2/h7,9,15H,3-6,8,10-14H2,1-2H3/t15-/m0/s1. The normalized spacial score (nSPS) is 24.6. The van der Waals surface area contributed by atoms with E-state index in [2.05, 4.69) is 31.3 Å². The van der Waals surface area contributed by atoms with Crippen LogP contribution in [-0.2, 0) is 18.4 Å². The maximum Gasteiger partial charge on any atom is 0.240 e. The van der Waals surface area contributed by atoms with Crippen molar-refractivity contribution in [2.45, 2.75) is 38.3 Å². The van der Waals surface area contributed by atoms with E-state index >= 15 is 0 Å². The minimum atomic E-state index is 0.0959. The molecule has 0 saturated carbocycles. The highest BCUT2D eigenvalue weighted by Crippen LogP contribution is 2.18. The van der Waals surface area contributed by atoms with Gasteiger partial charge >= 0.3 is 0 Å². The molecule has 1 amide bonds. The molecule has 0 aliphatic carbocycles. The summed E-state index contributed by atoms with van der Waals surface area (Å²) in [6.45, 7) is 5.48. The molecule has 2 fully saturated rings. The molecule has 0 radical (unpaired) electrons. The Bertz CT molecular complexity index is 521. The lowest BCUT2D eigenvalue weighted by molar-refractivity contribution is -0.138. The van der Waals surface area contributed by atoms with E-state index < -0.39 is 0 Å². The predicted octanol–water partition coefficient (Wildman–Crippen LogP) is 0.939. The van der Waals surface area contributed by atoms with Gasteiger partial charge in [-0.05, 0) is 26.4 Å². The predicted molar refractivity (Wildman–Crippen MR) is 90.0 cm³/mol. The fraction of sp³-hybridized carbons (Fsp3) is 0.765. The zero-order valence-electron chi connectivity index (χ0n) is 14.4. The maximum absolute atomic E-state index is 12.8. The van der Waals surface area contributed by atoms with E-state index in [4.69, 9.17) is 0 Å². The molecule has 6 nitrogen and oxygen atoms in total. The first-order valence-corrected chi connectivity index (χ1v) is 8.83. The molecular weight excluding hydrogens is 290 g/mol. The summed E-state index contributed by atoms with van der Waals surface area (Å²) in [5.41, 5.74) is 0. The highest BCUT2D eigenvalue weighted by molar-refractivity contribution is 5.82. The van der Waals surface area contributed by atoms with Gasteiger partial charge in [-0.1, -0.05) is 12.8 Å². The van der Waals surface area contributed by atoms with Crippen molar-refractivity contribution >= 4 is 5.91 Å². The van der Waals surface area contributed by atoms with Crippen molar-refractivity contribution in [3.63, 3.8) is 0 Å². The Hall–Kier alpha value is -1.40. The number of piperazine rings is 1. The van der Waals surface area contributed by atoms with Crippen molar-refractivity contribution in [1.29, 1.82) is 0 Å². The van der Waals surface area contributed by atoms with E-state index in [0.717, 1.165) is 51.5 Å². The van der Waals surface area contributed by atoms with Gasteiger partial charge in [0.25, 0.3) is 0 Å². The zero-order chi connectivity index (χ0) is 16.2. The van der Waals surface area contributed by atoms with E-state index in [-0.39, 0.29) is 6.04 Å². The van der Waals surface area contributed by atoms with Gasteiger partial charge in [0.2, 0.25) is 5.91 Å². The van der Waals surface area contributed by atoms with Gasteiger partial charge in [0.1, 0.15) is 5.82 Å². The van der Waals surface area contributed by atoms with Crippen molar-refractivity contribution in [1.82, 2.24) is 24.3 Å². The summed E-state index contributed by atoms with van der Waals surface area (Å²) in [4.78, 5) is 24.0. The Morgan fingerprint density at radius 3 is 2.61 bits per heavy atom. The number of rotatable bonds is 3. The fourth-order valence-electron chi connectivity index (χ4n) is 3.65. The van der Waals surface area contributed by atoms with Crippen molar-refractivity contribution in [2.24, 2.45) is 7.05 Å². The fourth-order valence-corrected chi connectivity index (χ4v) is 3.65. The second-order valence-corrected chi connectivity index (χ2v) is 6.90. The number of nitrogens with zero attached hydrogens (tertiary/aromatic N) is 5. The molecule has 6 heteroatoms. The van der Waals surface area contributed by atoms with Crippen LogP contribution in [0, 0.1) is 0 Å². The van der Waals surface area contributed by atoms with E-state index in [1.807, 2.05) is 19.4 Å². The van der Waals surface area contributed by atoms with Crippen molar-refractivity contribution in [2.75, 3.05) is 39.8 Å². The lowest BCUT2D eigenvalue weighted by Gasteiger charge is -2.37. The number of likely N-dealkylation sites (tertiary alicyclic amines) is 1. The molecule has 1 atom stereocenters. The monoisotopic (exact) mass is 319 g/mol. The van der Waals surface area contributed by atoms with Crippen LogP contribution in [0.15, 0.2) is 12.4 Å². The van der Waals surface area contributed by atoms with E-state index in [1.54, 1.807) is 0 Å². The molecule has 0 N–H and O–H groups in total. The second-order valence-electron chi connectivity index (χ2n) is 6.90. The van der Waals surface area contributed by atoms with Gasteiger partial charge in [0.05, 0.1) is 12.6 Å². The molecule has 23 heavy (non-hydrogen) atoms. The summed E-state index contributed by atoms with van der Waals surface area (Å²) >= 11 is 0. The molecule has 0 spiro atoms. The second kappa shape index (κ2) is 7.45. The van der Waals surface area contributed by atoms with Crippen LogP contribution in [-0.4, -0.2) is 76.0 Å². The first-order valence-electron chi connectivity index (χ1n) is 8.83. The Morgan fingerprint density at radius 1 is 1.13 bits per heavy atom. The summed E-state index contributed by atoms with van der Waals surface area (Å²) in [6, 6.07) is 0.0959. The molecule has 2 aliphatic rings. The SMILES string of the molecule is CN1CCCCC[C@H]1C(=O)N1CCN(Cc2nccn2C)CC1. The van der Waals surface area contributed by atoms with Crippen LogP contribution in [0.4, 0.5) is 0 Å². The summed E-state index contributed by atoms with van der Waals surface area (Å²) < 4.78 is 2.07. The smallest absolute Gasteiger partial charge is 0.240 e. The van der Waals surface area contributed by atoms with Crippen LogP contribution in [0.2, 0.25) is 0 Å². The molecule has 0 unspecified atom stereocenters. The molecule has 0 bridgehead atoms. The quantitative estimate of drug-likeness (QED) is 0.832. The Kier molecular flexibility index (Phi) is 5.33. The number of likely N-dealkylation sites (N-methyl/N-ethyl adjacent to an activating group) is 1. The third-order valence-corrected chi connectivity index (χ3v) is 5.28. The maximum atomic E-state index is 12.8. The minimum Gasteiger partial charge on any atom is -0.339 e. The molecule has 0 aromatic carbocycles. The number of amides is 1. The number of aryl methyl sites for hydroxylation is 1. The molecule has 1 aromatic heterocycles. The molecule has 3 rings (SSSR count). The average Bonchev–Trinajstić information content (AvgIpc) is 2.83. The van der Waals surface area contributed by atoms with Crippen LogP contribution in [0.25, 0.3) is 0 Å². The zero-order valence-corrected chi connectivity index (χ0v) is 14.4. The Labute approximate surface area is 139 Å². The van der Waals surface area contributed by atoms with Gasteiger partial charge in [-0.3, -0.25) is 14.6 Å². The first-order chi connectivity index (χ1) is 11.1. The van der Waals surface area contributed by atoms with Crippen LogP contribution < -0.4 is 0 Å². The van der Waals surface area contributed by atoms with Gasteiger partial charge in [0.15, 0.2) is 0 Å². The largest absolute Gasteiger partial charge is 0.339 e. The van der Waals surface area contributed by atoms with Crippen LogP contribution in [0.3, 0.4) is 0 Å². The highest BCUT2D eigenvalue weighted by atomic mass is 16.2. The molecular formula is C17H29N5O. The third kappa shape index (κ3) is 3.93. The molecule has 2 aliphatic heterocycles. The number of carbonyl (C=O) groups is 1. The summed E-state index contributed by atoms with van der Waals surface area (Å²) in [5.74, 6) is 1.43. The summed E-state index contributed by atoms with van der Waals surface area (Å²) in [5, 5.41) is 0. The van der Waals surface area contributed by atoms with Gasteiger partial charge in [-0.25, -0.2) is 4.98 Å². The third-order valence-electron chi connectivity index (χ3n) is 5.28. The minimum absolute atomic E-state index is 0.0959. The van der Waals surface area contributed by atoms with Crippen LogP contribution >= 0.6 is 0 Å². The molecule has 128 valence electrons. The van der Waals surface area contributed by atoms with E-state index in [0.29, 0.717) is 5.91 Å². The number of imidazole rings is 1. The lowest BCUT2D eigenvalue weighted by atomic mass is 10.1. The topological polar surface area (TPSA) is 44.6 Å². The number of aromatic nitrogens is 2. The van der Waals surface area contributed by atoms with E-state index in [1.165, 1.54) is 19.3 Å².